The fourth-order valence-corrected chi connectivity index (χ4v) is 3.51. The SMILES string of the molecule is FC(F)(F)c1cc(Nc2nnc(N3CCOCC3)c(N3CCOCC3)n2)ccc1Cl. The molecule has 2 aromatic rings. The highest BCUT2D eigenvalue weighted by atomic mass is 35.5. The van der Waals surface area contributed by atoms with Crippen LogP contribution in [0.5, 0.6) is 0 Å². The Morgan fingerprint density at radius 3 is 2.10 bits per heavy atom. The van der Waals surface area contributed by atoms with Crippen LogP contribution >= 0.6 is 11.6 Å². The molecule has 2 aliphatic rings. The molecule has 0 aliphatic carbocycles. The first-order chi connectivity index (χ1) is 14.4. The fourth-order valence-electron chi connectivity index (χ4n) is 3.28. The van der Waals surface area contributed by atoms with Gasteiger partial charge in [-0.05, 0) is 18.2 Å². The molecular formula is C18H20ClF3N6O2. The summed E-state index contributed by atoms with van der Waals surface area (Å²) < 4.78 is 50.2. The minimum Gasteiger partial charge on any atom is -0.378 e. The number of halogens is 4. The number of hydrogen-bond acceptors (Lipinski definition) is 8. The first kappa shape index (κ1) is 20.9. The Morgan fingerprint density at radius 1 is 0.900 bits per heavy atom. The largest absolute Gasteiger partial charge is 0.417 e. The molecule has 4 rings (SSSR count). The molecule has 2 fully saturated rings. The Labute approximate surface area is 175 Å². The molecule has 162 valence electrons. The molecule has 2 saturated heterocycles. The third kappa shape index (κ3) is 4.68. The predicted octanol–water partition coefficient (Wildman–Crippen LogP) is 2.96. The van der Waals surface area contributed by atoms with E-state index in [1.807, 2.05) is 9.80 Å². The minimum atomic E-state index is -4.56. The van der Waals surface area contributed by atoms with Crippen molar-refractivity contribution in [1.29, 1.82) is 0 Å². The van der Waals surface area contributed by atoms with E-state index in [1.54, 1.807) is 0 Å². The van der Waals surface area contributed by atoms with Crippen LogP contribution in [0.4, 0.5) is 36.4 Å². The zero-order valence-corrected chi connectivity index (χ0v) is 16.7. The molecule has 2 aliphatic heterocycles. The highest BCUT2D eigenvalue weighted by molar-refractivity contribution is 6.31. The monoisotopic (exact) mass is 444 g/mol. The summed E-state index contributed by atoms with van der Waals surface area (Å²) in [5.74, 6) is 1.34. The summed E-state index contributed by atoms with van der Waals surface area (Å²) in [6.07, 6.45) is -4.56. The molecule has 0 spiro atoms. The number of benzene rings is 1. The van der Waals surface area contributed by atoms with E-state index >= 15 is 0 Å². The van der Waals surface area contributed by atoms with E-state index in [9.17, 15) is 13.2 Å². The number of alkyl halides is 3. The lowest BCUT2D eigenvalue weighted by atomic mass is 10.2. The quantitative estimate of drug-likeness (QED) is 0.771. The van der Waals surface area contributed by atoms with Gasteiger partial charge in [-0.1, -0.05) is 11.6 Å². The van der Waals surface area contributed by atoms with Gasteiger partial charge in [0.05, 0.1) is 37.0 Å². The lowest BCUT2D eigenvalue weighted by Crippen LogP contribution is -2.41. The van der Waals surface area contributed by atoms with Crippen molar-refractivity contribution in [3.8, 4) is 0 Å². The number of ether oxygens (including phenoxy) is 2. The van der Waals surface area contributed by atoms with E-state index in [0.29, 0.717) is 64.2 Å². The van der Waals surface area contributed by atoms with E-state index in [0.717, 1.165) is 6.07 Å². The van der Waals surface area contributed by atoms with Gasteiger partial charge in [0, 0.05) is 31.9 Å². The standard InChI is InChI=1S/C18H20ClF3N6O2/c19-14-2-1-12(11-13(14)18(20,21)22)23-17-24-15(27-3-7-29-8-4-27)16(25-26-17)28-5-9-30-10-6-28/h1-2,11H,3-10H2,(H,23,24,26). The normalized spacial score (nSPS) is 17.9. The average Bonchev–Trinajstić information content (AvgIpc) is 2.75. The summed E-state index contributed by atoms with van der Waals surface area (Å²) in [6.45, 7) is 4.86. The lowest BCUT2D eigenvalue weighted by Gasteiger charge is -2.33. The van der Waals surface area contributed by atoms with Crippen molar-refractivity contribution in [2.24, 2.45) is 0 Å². The van der Waals surface area contributed by atoms with Crippen molar-refractivity contribution in [3.63, 3.8) is 0 Å². The molecule has 12 heteroatoms. The molecule has 0 amide bonds. The van der Waals surface area contributed by atoms with Gasteiger partial charge in [0.25, 0.3) is 0 Å². The van der Waals surface area contributed by atoms with E-state index in [1.165, 1.54) is 12.1 Å². The van der Waals surface area contributed by atoms with Crippen molar-refractivity contribution < 1.29 is 22.6 Å². The van der Waals surface area contributed by atoms with Gasteiger partial charge in [0.2, 0.25) is 5.95 Å². The molecule has 0 radical (unpaired) electrons. The van der Waals surface area contributed by atoms with E-state index in [2.05, 4.69) is 20.5 Å². The second kappa shape index (κ2) is 8.78. The summed E-state index contributed by atoms with van der Waals surface area (Å²) in [7, 11) is 0. The first-order valence-electron chi connectivity index (χ1n) is 9.46. The third-order valence-corrected chi connectivity index (χ3v) is 5.13. The fraction of sp³-hybridized carbons (Fsp3) is 0.500. The van der Waals surface area contributed by atoms with Gasteiger partial charge in [-0.2, -0.15) is 18.2 Å². The molecule has 0 unspecified atom stereocenters. The molecule has 1 aromatic heterocycles. The van der Waals surface area contributed by atoms with Crippen LogP contribution in [0.2, 0.25) is 5.02 Å². The molecule has 1 aromatic carbocycles. The van der Waals surface area contributed by atoms with Crippen LogP contribution < -0.4 is 15.1 Å². The number of nitrogens with one attached hydrogen (secondary N) is 1. The number of morpholine rings is 2. The van der Waals surface area contributed by atoms with Gasteiger partial charge in [-0.25, -0.2) is 0 Å². The zero-order valence-electron chi connectivity index (χ0n) is 16.0. The van der Waals surface area contributed by atoms with E-state index in [4.69, 9.17) is 21.1 Å². The summed E-state index contributed by atoms with van der Waals surface area (Å²) >= 11 is 5.69. The van der Waals surface area contributed by atoms with Crippen molar-refractivity contribution in [3.05, 3.63) is 28.8 Å². The van der Waals surface area contributed by atoms with Crippen LogP contribution in [0.25, 0.3) is 0 Å². The van der Waals surface area contributed by atoms with Crippen LogP contribution in [0.15, 0.2) is 18.2 Å². The highest BCUT2D eigenvalue weighted by Crippen LogP contribution is 2.36. The smallest absolute Gasteiger partial charge is 0.378 e. The Hall–Kier alpha value is -2.37. The summed E-state index contributed by atoms with van der Waals surface area (Å²) in [5.41, 5.74) is -0.763. The number of rotatable bonds is 4. The maximum Gasteiger partial charge on any atom is 0.417 e. The average molecular weight is 445 g/mol. The Balaban J connectivity index is 1.64. The molecule has 8 nitrogen and oxygen atoms in total. The van der Waals surface area contributed by atoms with Gasteiger partial charge in [-0.15, -0.1) is 10.2 Å². The Morgan fingerprint density at radius 2 is 1.50 bits per heavy atom. The van der Waals surface area contributed by atoms with Gasteiger partial charge >= 0.3 is 6.18 Å². The maximum atomic E-state index is 13.1. The zero-order chi connectivity index (χ0) is 21.1. The van der Waals surface area contributed by atoms with Crippen molar-refractivity contribution in [1.82, 2.24) is 15.2 Å². The Kier molecular flexibility index (Phi) is 6.11. The molecule has 0 bridgehead atoms. The van der Waals surface area contributed by atoms with E-state index < -0.39 is 11.7 Å². The predicted molar refractivity (Wildman–Crippen MR) is 106 cm³/mol. The number of anilines is 4. The van der Waals surface area contributed by atoms with Gasteiger partial charge in [-0.3, -0.25) is 0 Å². The van der Waals surface area contributed by atoms with E-state index in [-0.39, 0.29) is 16.7 Å². The maximum absolute atomic E-state index is 13.1. The summed E-state index contributed by atoms with van der Waals surface area (Å²) in [5, 5.41) is 10.9. The van der Waals surface area contributed by atoms with Crippen LogP contribution in [-0.4, -0.2) is 67.8 Å². The number of hydrogen-bond donors (Lipinski definition) is 1. The van der Waals surface area contributed by atoms with Crippen molar-refractivity contribution in [2.45, 2.75) is 6.18 Å². The molecule has 0 saturated carbocycles. The second-order valence-corrected chi connectivity index (χ2v) is 7.21. The van der Waals surface area contributed by atoms with Gasteiger partial charge in [0.1, 0.15) is 0 Å². The highest BCUT2D eigenvalue weighted by Gasteiger charge is 2.33. The van der Waals surface area contributed by atoms with Crippen LogP contribution in [0.1, 0.15) is 5.56 Å². The van der Waals surface area contributed by atoms with Crippen LogP contribution in [-0.2, 0) is 15.7 Å². The minimum absolute atomic E-state index is 0.101. The van der Waals surface area contributed by atoms with Crippen molar-refractivity contribution in [2.75, 3.05) is 67.7 Å². The topological polar surface area (TPSA) is 75.6 Å². The van der Waals surface area contributed by atoms with Crippen LogP contribution in [0.3, 0.4) is 0 Å². The molecule has 0 atom stereocenters. The van der Waals surface area contributed by atoms with Crippen LogP contribution in [0, 0.1) is 0 Å². The molecule has 1 N–H and O–H groups in total. The molecule has 30 heavy (non-hydrogen) atoms. The lowest BCUT2D eigenvalue weighted by molar-refractivity contribution is -0.137. The Bertz CT molecular complexity index is 889. The number of aromatic nitrogens is 3. The summed E-state index contributed by atoms with van der Waals surface area (Å²) in [4.78, 5) is 8.65. The summed E-state index contributed by atoms with van der Waals surface area (Å²) in [6, 6.07) is 3.55. The van der Waals surface area contributed by atoms with Gasteiger partial charge in [0.15, 0.2) is 11.6 Å². The number of nitrogens with zero attached hydrogens (tertiary/aromatic N) is 5. The second-order valence-electron chi connectivity index (χ2n) is 6.80. The first-order valence-corrected chi connectivity index (χ1v) is 9.83. The van der Waals surface area contributed by atoms with Crippen molar-refractivity contribution >= 4 is 34.9 Å². The molecular weight excluding hydrogens is 425 g/mol. The van der Waals surface area contributed by atoms with Gasteiger partial charge < -0.3 is 24.6 Å². The molecule has 3 heterocycles. The third-order valence-electron chi connectivity index (χ3n) is 4.80.